The number of carboxylic acid groups (broad SMARTS) is 1. The zero-order chi connectivity index (χ0) is 22.7. The molecular weight excluding hydrogens is 398 g/mol. The summed E-state index contributed by atoms with van der Waals surface area (Å²) in [5.41, 5.74) is 7.14. The number of benzene rings is 3. The SMILES string of the molecule is Cc1cc(C)c2c(c1)C(c1ccccc1)[N+](Cc1ccccc1)(C(=O)CCC(=O)O)CC2. The van der Waals surface area contributed by atoms with Gasteiger partial charge in [0.2, 0.25) is 0 Å². The Morgan fingerprint density at radius 2 is 1.59 bits per heavy atom. The normalized spacial score (nSPS) is 19.9. The molecule has 4 rings (SSSR count). The molecule has 2 unspecified atom stereocenters. The number of aryl methyl sites for hydroxylation is 2. The number of fused-ring (bicyclic) bond motifs is 1. The van der Waals surface area contributed by atoms with Crippen molar-refractivity contribution in [3.8, 4) is 0 Å². The predicted octanol–water partition coefficient (Wildman–Crippen LogP) is 5.36. The summed E-state index contributed by atoms with van der Waals surface area (Å²) in [5, 5.41) is 9.29. The number of hydrogen-bond donors (Lipinski definition) is 1. The van der Waals surface area contributed by atoms with Gasteiger partial charge >= 0.3 is 11.9 Å². The average molecular weight is 429 g/mol. The molecule has 0 saturated carbocycles. The smallest absolute Gasteiger partial charge is 0.315 e. The van der Waals surface area contributed by atoms with Crippen molar-refractivity contribution in [1.82, 2.24) is 0 Å². The van der Waals surface area contributed by atoms with Gasteiger partial charge in [0.1, 0.15) is 12.6 Å². The van der Waals surface area contributed by atoms with Crippen LogP contribution in [0, 0.1) is 13.8 Å². The van der Waals surface area contributed by atoms with Crippen LogP contribution in [0.15, 0.2) is 72.8 Å². The van der Waals surface area contributed by atoms with Gasteiger partial charge in [-0.1, -0.05) is 72.3 Å². The van der Waals surface area contributed by atoms with Gasteiger partial charge in [0, 0.05) is 23.1 Å². The van der Waals surface area contributed by atoms with Crippen LogP contribution in [0.1, 0.15) is 52.3 Å². The van der Waals surface area contributed by atoms with Crippen LogP contribution in [0.4, 0.5) is 0 Å². The van der Waals surface area contributed by atoms with E-state index in [0.29, 0.717) is 13.1 Å². The summed E-state index contributed by atoms with van der Waals surface area (Å²) < 4.78 is 0.219. The summed E-state index contributed by atoms with van der Waals surface area (Å²) >= 11 is 0. The van der Waals surface area contributed by atoms with Crippen LogP contribution >= 0.6 is 0 Å². The van der Waals surface area contributed by atoms with Gasteiger partial charge in [0.05, 0.1) is 19.4 Å². The number of nitrogens with zero attached hydrogens (tertiary/aromatic N) is 1. The Kier molecular flexibility index (Phi) is 6.24. The molecule has 0 bridgehead atoms. The monoisotopic (exact) mass is 428 g/mol. The van der Waals surface area contributed by atoms with Crippen LogP contribution in [-0.2, 0) is 22.6 Å². The van der Waals surface area contributed by atoms with Crippen LogP contribution in [0.25, 0.3) is 0 Å². The van der Waals surface area contributed by atoms with Crippen LogP contribution in [-0.4, -0.2) is 28.0 Å². The number of amides is 1. The van der Waals surface area contributed by atoms with Crippen molar-refractivity contribution >= 4 is 11.9 Å². The van der Waals surface area contributed by atoms with E-state index in [0.717, 1.165) is 17.5 Å². The number of rotatable bonds is 6. The maximum Gasteiger partial charge on any atom is 0.315 e. The van der Waals surface area contributed by atoms with Gasteiger partial charge in [-0.2, -0.15) is 0 Å². The van der Waals surface area contributed by atoms with Crippen molar-refractivity contribution in [2.24, 2.45) is 0 Å². The second-order valence-corrected chi connectivity index (χ2v) is 8.90. The lowest BCUT2D eigenvalue weighted by atomic mass is 9.82. The molecule has 1 amide bonds. The highest BCUT2D eigenvalue weighted by molar-refractivity contribution is 5.77. The van der Waals surface area contributed by atoms with Gasteiger partial charge in [0.25, 0.3) is 0 Å². The summed E-state index contributed by atoms with van der Waals surface area (Å²) in [6, 6.07) is 24.6. The molecule has 4 nitrogen and oxygen atoms in total. The molecule has 0 spiro atoms. The minimum Gasteiger partial charge on any atom is -0.481 e. The fraction of sp³-hybridized carbons (Fsp3) is 0.286. The first-order valence-electron chi connectivity index (χ1n) is 11.2. The van der Waals surface area contributed by atoms with E-state index < -0.39 is 5.97 Å². The summed E-state index contributed by atoms with van der Waals surface area (Å²) in [5.74, 6) is -0.938. The zero-order valence-corrected chi connectivity index (χ0v) is 18.8. The molecule has 0 saturated heterocycles. The van der Waals surface area contributed by atoms with Gasteiger partial charge in [-0.25, -0.2) is 9.28 Å². The maximum absolute atomic E-state index is 13.9. The number of aliphatic carboxylic acids is 1. The van der Waals surface area contributed by atoms with E-state index in [-0.39, 0.29) is 29.3 Å². The molecule has 164 valence electrons. The Labute approximate surface area is 189 Å². The molecule has 4 heteroatoms. The first kappa shape index (κ1) is 22.0. The Morgan fingerprint density at radius 3 is 2.25 bits per heavy atom. The summed E-state index contributed by atoms with van der Waals surface area (Å²) in [7, 11) is 0. The van der Waals surface area contributed by atoms with Gasteiger partial charge in [-0.3, -0.25) is 4.79 Å². The molecule has 32 heavy (non-hydrogen) atoms. The topological polar surface area (TPSA) is 54.4 Å². The lowest BCUT2D eigenvalue weighted by Gasteiger charge is -2.47. The van der Waals surface area contributed by atoms with E-state index in [1.807, 2.05) is 36.4 Å². The Hall–Kier alpha value is -3.24. The molecule has 0 fully saturated rings. The predicted molar refractivity (Wildman–Crippen MR) is 125 cm³/mol. The van der Waals surface area contributed by atoms with Crippen molar-refractivity contribution in [3.63, 3.8) is 0 Å². The highest BCUT2D eigenvalue weighted by atomic mass is 16.4. The maximum atomic E-state index is 13.9. The van der Waals surface area contributed by atoms with Gasteiger partial charge in [0.15, 0.2) is 0 Å². The molecule has 1 aliphatic rings. The Morgan fingerprint density at radius 1 is 0.938 bits per heavy atom. The van der Waals surface area contributed by atoms with E-state index in [1.165, 1.54) is 22.3 Å². The Balaban J connectivity index is 1.93. The minimum absolute atomic E-state index is 0.00471. The van der Waals surface area contributed by atoms with E-state index in [1.54, 1.807) is 0 Å². The van der Waals surface area contributed by atoms with Crippen molar-refractivity contribution in [2.75, 3.05) is 6.54 Å². The highest BCUT2D eigenvalue weighted by Crippen LogP contribution is 2.44. The fourth-order valence-corrected chi connectivity index (χ4v) is 5.30. The van der Waals surface area contributed by atoms with Gasteiger partial charge in [-0.15, -0.1) is 0 Å². The average Bonchev–Trinajstić information content (AvgIpc) is 2.78. The van der Waals surface area contributed by atoms with Crippen LogP contribution < -0.4 is 0 Å². The molecule has 2 atom stereocenters. The lowest BCUT2D eigenvalue weighted by molar-refractivity contribution is -0.895. The largest absolute Gasteiger partial charge is 0.481 e. The third-order valence-corrected chi connectivity index (χ3v) is 6.67. The molecule has 0 radical (unpaired) electrons. The first-order valence-corrected chi connectivity index (χ1v) is 11.2. The number of carboxylic acids is 1. The minimum atomic E-state index is -0.934. The second kappa shape index (κ2) is 9.09. The summed E-state index contributed by atoms with van der Waals surface area (Å²) in [6.45, 7) is 5.45. The molecule has 0 aliphatic carbocycles. The third kappa shape index (κ3) is 4.23. The van der Waals surface area contributed by atoms with Gasteiger partial charge in [-0.05, 0) is 31.0 Å². The van der Waals surface area contributed by atoms with Crippen LogP contribution in [0.2, 0.25) is 0 Å². The standard InChI is InChI=1S/C28H29NO3/c1-20-17-21(2)24-15-16-29(26(30)13-14-27(31)32,19-22-9-5-3-6-10-22)28(25(24)18-20)23-11-7-4-8-12-23/h3-12,17-18,28H,13-16,19H2,1-2H3/p+1. The Bertz CT molecular complexity index is 1120. The van der Waals surface area contributed by atoms with Crippen LogP contribution in [0.5, 0.6) is 0 Å². The molecule has 1 heterocycles. The van der Waals surface area contributed by atoms with E-state index >= 15 is 0 Å². The first-order chi connectivity index (χ1) is 15.4. The second-order valence-electron chi connectivity index (χ2n) is 8.90. The van der Waals surface area contributed by atoms with E-state index in [2.05, 4.69) is 50.2 Å². The molecule has 3 aromatic rings. The van der Waals surface area contributed by atoms with Crippen molar-refractivity contribution < 1.29 is 19.2 Å². The summed E-state index contributed by atoms with van der Waals surface area (Å²) in [4.78, 5) is 25.2. The molecule has 1 N–H and O–H groups in total. The summed E-state index contributed by atoms with van der Waals surface area (Å²) in [6.07, 6.45) is 0.691. The van der Waals surface area contributed by atoms with Crippen molar-refractivity contribution in [3.05, 3.63) is 106 Å². The lowest BCUT2D eigenvalue weighted by Crippen LogP contribution is -2.58. The number of carbonyl (C=O) groups is 2. The van der Waals surface area contributed by atoms with E-state index in [4.69, 9.17) is 0 Å². The highest BCUT2D eigenvalue weighted by Gasteiger charge is 2.49. The van der Waals surface area contributed by atoms with Crippen LogP contribution in [0.3, 0.4) is 0 Å². The quantitative estimate of drug-likeness (QED) is 0.538. The van der Waals surface area contributed by atoms with Crippen molar-refractivity contribution in [1.29, 1.82) is 0 Å². The number of carbonyl (C=O) groups excluding carboxylic acids is 1. The number of quaternary nitrogens is 1. The molecular formula is C28H30NO3+. The van der Waals surface area contributed by atoms with Gasteiger partial charge < -0.3 is 5.11 Å². The van der Waals surface area contributed by atoms with E-state index in [9.17, 15) is 14.7 Å². The molecule has 1 aliphatic heterocycles. The zero-order valence-electron chi connectivity index (χ0n) is 18.8. The number of hydrogen-bond acceptors (Lipinski definition) is 2. The van der Waals surface area contributed by atoms with Crippen molar-refractivity contribution in [2.45, 2.75) is 45.7 Å². The molecule has 0 aromatic heterocycles. The fourth-order valence-electron chi connectivity index (χ4n) is 5.30. The third-order valence-electron chi connectivity index (χ3n) is 6.67. The molecule has 3 aromatic carbocycles.